The minimum Gasteiger partial charge on any atom is -0.376 e. The number of imidazole rings is 1. The minimum atomic E-state index is -0.146. The van der Waals surface area contributed by atoms with E-state index in [0.717, 1.165) is 53.8 Å². The number of carbonyl (C=O) groups is 1. The van der Waals surface area contributed by atoms with Gasteiger partial charge in [0.1, 0.15) is 5.82 Å². The summed E-state index contributed by atoms with van der Waals surface area (Å²) in [6.07, 6.45) is 5.75. The third-order valence-electron chi connectivity index (χ3n) is 5.49. The highest BCUT2D eigenvalue weighted by Gasteiger charge is 2.21. The maximum atomic E-state index is 12.8. The first-order chi connectivity index (χ1) is 14.7. The van der Waals surface area contributed by atoms with Crippen LogP contribution in [0.25, 0.3) is 22.1 Å². The lowest BCUT2D eigenvalue weighted by molar-refractivity contribution is 0.0950. The Labute approximate surface area is 173 Å². The van der Waals surface area contributed by atoms with Crippen LogP contribution in [0.2, 0.25) is 0 Å². The molecule has 1 aliphatic heterocycles. The quantitative estimate of drug-likeness (QED) is 0.552. The number of aryl methyl sites for hydroxylation is 1. The van der Waals surface area contributed by atoms with Crippen LogP contribution in [0.3, 0.4) is 0 Å². The summed E-state index contributed by atoms with van der Waals surface area (Å²) >= 11 is 0. The van der Waals surface area contributed by atoms with Crippen molar-refractivity contribution in [3.8, 4) is 0 Å². The summed E-state index contributed by atoms with van der Waals surface area (Å²) in [7, 11) is 0. The zero-order valence-electron chi connectivity index (χ0n) is 16.7. The zero-order valence-corrected chi connectivity index (χ0v) is 16.7. The molecule has 5 rings (SSSR count). The molecule has 30 heavy (non-hydrogen) atoms. The van der Waals surface area contributed by atoms with E-state index in [4.69, 9.17) is 4.74 Å². The van der Waals surface area contributed by atoms with E-state index in [2.05, 4.69) is 30.0 Å². The fourth-order valence-electron chi connectivity index (χ4n) is 3.94. The van der Waals surface area contributed by atoms with Crippen molar-refractivity contribution in [3.05, 3.63) is 59.7 Å². The number of hydrogen-bond acceptors (Lipinski definition) is 6. The molecule has 1 N–H and O–H groups in total. The van der Waals surface area contributed by atoms with Crippen molar-refractivity contribution in [3.63, 3.8) is 0 Å². The lowest BCUT2D eigenvalue weighted by Crippen LogP contribution is -2.22. The van der Waals surface area contributed by atoms with Crippen molar-refractivity contribution >= 4 is 28.0 Å². The van der Waals surface area contributed by atoms with Gasteiger partial charge >= 0.3 is 0 Å². The van der Waals surface area contributed by atoms with E-state index >= 15 is 0 Å². The fraction of sp³-hybridized carbons (Fsp3) is 0.318. The third kappa shape index (κ3) is 3.50. The number of hydrogen-bond donors (Lipinski definition) is 1. The van der Waals surface area contributed by atoms with Crippen molar-refractivity contribution in [1.29, 1.82) is 0 Å². The van der Waals surface area contributed by atoms with Crippen molar-refractivity contribution < 1.29 is 9.53 Å². The highest BCUT2D eigenvalue weighted by molar-refractivity contribution is 6.05. The maximum Gasteiger partial charge on any atom is 0.251 e. The molecule has 1 amide bonds. The number of nitrogens with zero attached hydrogens (tertiary/aromatic N) is 5. The molecule has 4 aromatic rings. The Morgan fingerprint density at radius 1 is 1.30 bits per heavy atom. The van der Waals surface area contributed by atoms with Gasteiger partial charge in [0.25, 0.3) is 5.91 Å². The standard InChI is InChI=1S/C22H22N6O2/c1-14-25-21-20(28(14)13-17-5-3-9-30-17)18-10-16(6-7-19(18)26-27-21)22(29)24-12-15-4-2-8-23-11-15/h2,4,6-8,10-11,17H,3,5,9,12-13H2,1H3,(H,24,29). The lowest BCUT2D eigenvalue weighted by Gasteiger charge is -2.13. The van der Waals surface area contributed by atoms with Gasteiger partial charge in [-0.05, 0) is 49.6 Å². The van der Waals surface area contributed by atoms with E-state index in [9.17, 15) is 4.79 Å². The second kappa shape index (κ2) is 7.79. The SMILES string of the molecule is Cc1nc2nnc3ccc(C(=O)NCc4cccnc4)cc3c2n1CC1CCCO1. The summed E-state index contributed by atoms with van der Waals surface area (Å²) in [5.74, 6) is 0.723. The first-order valence-electron chi connectivity index (χ1n) is 10.1. The van der Waals surface area contributed by atoms with E-state index in [1.807, 2.05) is 31.2 Å². The van der Waals surface area contributed by atoms with Gasteiger partial charge in [-0.15, -0.1) is 10.2 Å². The molecule has 1 fully saturated rings. The highest BCUT2D eigenvalue weighted by atomic mass is 16.5. The van der Waals surface area contributed by atoms with Gasteiger partial charge in [0.2, 0.25) is 5.65 Å². The Hall–Kier alpha value is -3.39. The van der Waals surface area contributed by atoms with Crippen LogP contribution in [0.5, 0.6) is 0 Å². The molecule has 1 aliphatic rings. The number of rotatable bonds is 5. The summed E-state index contributed by atoms with van der Waals surface area (Å²) in [4.78, 5) is 21.4. The topological polar surface area (TPSA) is 94.8 Å². The van der Waals surface area contributed by atoms with E-state index in [0.29, 0.717) is 17.8 Å². The van der Waals surface area contributed by atoms with Crippen molar-refractivity contribution in [2.75, 3.05) is 6.61 Å². The molecule has 1 unspecified atom stereocenters. The zero-order chi connectivity index (χ0) is 20.5. The van der Waals surface area contributed by atoms with E-state index in [-0.39, 0.29) is 12.0 Å². The van der Waals surface area contributed by atoms with Gasteiger partial charge < -0.3 is 14.6 Å². The van der Waals surface area contributed by atoms with Gasteiger partial charge in [0.05, 0.1) is 23.7 Å². The molecule has 1 aromatic carbocycles. The van der Waals surface area contributed by atoms with Gasteiger partial charge in [0, 0.05) is 36.5 Å². The van der Waals surface area contributed by atoms with Crippen LogP contribution in [0.1, 0.15) is 34.6 Å². The molecule has 0 aliphatic carbocycles. The molecule has 3 aromatic heterocycles. The van der Waals surface area contributed by atoms with Gasteiger partial charge in [-0.2, -0.15) is 0 Å². The van der Waals surface area contributed by atoms with Crippen LogP contribution in [0.15, 0.2) is 42.7 Å². The Bertz CT molecular complexity index is 1210. The molecule has 8 nitrogen and oxygen atoms in total. The first kappa shape index (κ1) is 18.6. The Morgan fingerprint density at radius 2 is 2.23 bits per heavy atom. The van der Waals surface area contributed by atoms with Crippen molar-refractivity contribution in [2.24, 2.45) is 0 Å². The van der Waals surface area contributed by atoms with E-state index < -0.39 is 0 Å². The minimum absolute atomic E-state index is 0.146. The molecule has 0 radical (unpaired) electrons. The molecule has 1 atom stereocenters. The predicted octanol–water partition coefficient (Wildman–Crippen LogP) is 2.79. The van der Waals surface area contributed by atoms with Crippen LogP contribution in [-0.4, -0.2) is 43.4 Å². The summed E-state index contributed by atoms with van der Waals surface area (Å²) in [6, 6.07) is 9.26. The molecule has 0 bridgehead atoms. The van der Waals surface area contributed by atoms with Gasteiger partial charge in [0.15, 0.2) is 0 Å². The smallest absolute Gasteiger partial charge is 0.251 e. The average molecular weight is 402 g/mol. The average Bonchev–Trinajstić information content (AvgIpc) is 3.40. The van der Waals surface area contributed by atoms with Crippen molar-refractivity contribution in [1.82, 2.24) is 30.0 Å². The molecule has 1 saturated heterocycles. The summed E-state index contributed by atoms with van der Waals surface area (Å²) < 4.78 is 7.96. The molecular formula is C22H22N6O2. The Morgan fingerprint density at radius 3 is 3.03 bits per heavy atom. The van der Waals surface area contributed by atoms with Crippen LogP contribution in [-0.2, 0) is 17.8 Å². The number of nitrogens with one attached hydrogen (secondary N) is 1. The molecular weight excluding hydrogens is 380 g/mol. The van der Waals surface area contributed by atoms with Crippen LogP contribution in [0.4, 0.5) is 0 Å². The molecule has 152 valence electrons. The van der Waals surface area contributed by atoms with E-state index in [1.165, 1.54) is 0 Å². The molecule has 0 spiro atoms. The predicted molar refractivity (Wildman–Crippen MR) is 112 cm³/mol. The molecule has 8 heteroatoms. The summed E-state index contributed by atoms with van der Waals surface area (Å²) in [5, 5.41) is 12.4. The second-order valence-electron chi connectivity index (χ2n) is 7.55. The molecule has 4 heterocycles. The lowest BCUT2D eigenvalue weighted by atomic mass is 10.1. The molecule has 0 saturated carbocycles. The van der Waals surface area contributed by atoms with Crippen LogP contribution >= 0.6 is 0 Å². The monoisotopic (exact) mass is 402 g/mol. The van der Waals surface area contributed by atoms with Crippen LogP contribution in [0, 0.1) is 6.92 Å². The van der Waals surface area contributed by atoms with Gasteiger partial charge in [-0.25, -0.2) is 4.98 Å². The number of fused-ring (bicyclic) bond motifs is 3. The number of benzene rings is 1. The second-order valence-corrected chi connectivity index (χ2v) is 7.55. The van der Waals surface area contributed by atoms with E-state index in [1.54, 1.807) is 18.5 Å². The van der Waals surface area contributed by atoms with Gasteiger partial charge in [-0.3, -0.25) is 9.78 Å². The highest BCUT2D eigenvalue weighted by Crippen LogP contribution is 2.26. The van der Waals surface area contributed by atoms with Crippen molar-refractivity contribution in [2.45, 2.75) is 39.0 Å². The Balaban J connectivity index is 1.50. The van der Waals surface area contributed by atoms with Gasteiger partial charge in [-0.1, -0.05) is 6.07 Å². The largest absolute Gasteiger partial charge is 0.376 e. The normalized spacial score (nSPS) is 16.4. The number of ether oxygens (including phenoxy) is 1. The maximum absolute atomic E-state index is 12.8. The summed E-state index contributed by atoms with van der Waals surface area (Å²) in [5.41, 5.74) is 3.74. The first-order valence-corrected chi connectivity index (χ1v) is 10.1. The fourth-order valence-corrected chi connectivity index (χ4v) is 3.94. The summed E-state index contributed by atoms with van der Waals surface area (Å²) in [6.45, 7) is 3.91. The number of pyridine rings is 1. The van der Waals surface area contributed by atoms with Crippen LogP contribution < -0.4 is 5.32 Å². The number of carbonyl (C=O) groups excluding carboxylic acids is 1. The number of aromatic nitrogens is 5. The Kier molecular flexibility index (Phi) is 4.84. The third-order valence-corrected chi connectivity index (χ3v) is 5.49. The number of amides is 1.